The van der Waals surface area contributed by atoms with E-state index in [1.165, 1.54) is 19.2 Å². The van der Waals surface area contributed by atoms with Crippen LogP contribution in [0.1, 0.15) is 31.1 Å². The Balaban J connectivity index is 1.97. The van der Waals surface area contributed by atoms with Gasteiger partial charge in [-0.05, 0) is 54.5 Å². The van der Waals surface area contributed by atoms with Gasteiger partial charge in [0.1, 0.15) is 11.9 Å². The topological polar surface area (TPSA) is 82.2 Å². The molecule has 1 fully saturated rings. The molecular weight excluding hydrogens is 432 g/mol. The Bertz CT molecular complexity index is 1040. The maximum Gasteiger partial charge on any atom is 0.265 e. The molecule has 0 aliphatic carbocycles. The highest BCUT2D eigenvalue weighted by Gasteiger charge is 2.72. The molecule has 0 N–H and O–H groups in total. The third-order valence-electron chi connectivity index (χ3n) is 6.21. The van der Waals surface area contributed by atoms with Crippen molar-refractivity contribution < 1.29 is 27.1 Å². The number of rotatable bonds is 8. The van der Waals surface area contributed by atoms with Crippen LogP contribution in [0.5, 0.6) is 5.75 Å². The van der Waals surface area contributed by atoms with E-state index in [0.29, 0.717) is 5.75 Å². The first-order valence-corrected chi connectivity index (χ1v) is 14.6. The van der Waals surface area contributed by atoms with Crippen molar-refractivity contribution in [1.29, 1.82) is 0 Å². The van der Waals surface area contributed by atoms with Gasteiger partial charge in [0, 0.05) is 5.56 Å². The number of methoxy groups -OCH3 is 1. The number of carbonyl (C=O) groups excluding carboxylic acids is 1. The number of sulfone groups is 1. The second kappa shape index (κ2) is 8.16. The summed E-state index contributed by atoms with van der Waals surface area (Å²) in [5.41, 5.74) is 0.245. The highest BCUT2D eigenvalue weighted by molar-refractivity contribution is 7.93. The van der Waals surface area contributed by atoms with Crippen LogP contribution in [-0.4, -0.2) is 47.3 Å². The van der Waals surface area contributed by atoms with Crippen LogP contribution in [0.2, 0.25) is 18.1 Å². The van der Waals surface area contributed by atoms with Gasteiger partial charge >= 0.3 is 0 Å². The van der Waals surface area contributed by atoms with Crippen LogP contribution in [-0.2, 0) is 19.0 Å². The van der Waals surface area contributed by atoms with Crippen molar-refractivity contribution in [3.8, 4) is 5.75 Å². The molecular formula is C23H30O6SSi. The predicted molar refractivity (Wildman–Crippen MR) is 122 cm³/mol. The number of Topliss-reactive ketones (excluding diaryl/α,β-unsaturated/α-hetero) is 1. The summed E-state index contributed by atoms with van der Waals surface area (Å²) in [6.45, 7) is 10.5. The SMILES string of the molecule is COc1ccc(C(=O)[C@]2(S(=O)(=O)c3ccccc3)O[C@@H]2CO[Si](C)(C)C(C)(C)C)cc1. The first-order valence-electron chi connectivity index (χ1n) is 10.2. The van der Waals surface area contributed by atoms with Crippen LogP contribution in [0.25, 0.3) is 0 Å². The van der Waals surface area contributed by atoms with Crippen molar-refractivity contribution in [2.75, 3.05) is 13.7 Å². The first kappa shape index (κ1) is 23.7. The number of hydrogen-bond acceptors (Lipinski definition) is 6. The summed E-state index contributed by atoms with van der Waals surface area (Å²) in [5.74, 6) is -0.0196. The zero-order valence-corrected chi connectivity index (χ0v) is 20.7. The molecule has 1 heterocycles. The van der Waals surface area contributed by atoms with Gasteiger partial charge in [-0.15, -0.1) is 0 Å². The minimum atomic E-state index is -4.11. The zero-order valence-electron chi connectivity index (χ0n) is 18.8. The second-order valence-electron chi connectivity index (χ2n) is 9.22. The van der Waals surface area contributed by atoms with Gasteiger partial charge in [-0.3, -0.25) is 4.79 Å². The summed E-state index contributed by atoms with van der Waals surface area (Å²) in [4.78, 5) is 11.5. The number of ether oxygens (including phenoxy) is 2. The van der Waals surface area contributed by atoms with E-state index in [0.717, 1.165) is 0 Å². The van der Waals surface area contributed by atoms with E-state index >= 15 is 0 Å². The molecule has 1 saturated heterocycles. The third-order valence-corrected chi connectivity index (χ3v) is 12.9. The molecule has 0 bridgehead atoms. The van der Waals surface area contributed by atoms with E-state index in [4.69, 9.17) is 13.9 Å². The van der Waals surface area contributed by atoms with E-state index in [2.05, 4.69) is 33.9 Å². The van der Waals surface area contributed by atoms with E-state index in [1.54, 1.807) is 42.5 Å². The van der Waals surface area contributed by atoms with Gasteiger partial charge < -0.3 is 13.9 Å². The van der Waals surface area contributed by atoms with Gasteiger partial charge in [-0.2, -0.15) is 0 Å². The van der Waals surface area contributed by atoms with E-state index in [1.807, 2.05) is 0 Å². The quantitative estimate of drug-likeness (QED) is 0.327. The molecule has 6 nitrogen and oxygen atoms in total. The summed E-state index contributed by atoms with van der Waals surface area (Å²) in [6.07, 6.45) is -0.874. The van der Waals surface area contributed by atoms with Crippen LogP contribution in [0.4, 0.5) is 0 Å². The maximum absolute atomic E-state index is 13.6. The fourth-order valence-electron chi connectivity index (χ4n) is 3.10. The molecule has 31 heavy (non-hydrogen) atoms. The lowest BCUT2D eigenvalue weighted by molar-refractivity contribution is 0.0930. The molecule has 0 radical (unpaired) electrons. The standard InChI is InChI=1S/C23H30O6SSi/c1-22(2,3)31(5,6)28-16-20-23(29-20,30(25,26)19-10-8-7-9-11-19)21(24)17-12-14-18(27-4)15-13-17/h7-15,20H,16H2,1-6H3/t20-,23+/m1/s1. The Morgan fingerprint density at radius 3 is 2.16 bits per heavy atom. The minimum absolute atomic E-state index is 0.0461. The average Bonchev–Trinajstić information content (AvgIpc) is 3.48. The fourth-order valence-corrected chi connectivity index (χ4v) is 5.98. The number of ketones is 1. The molecule has 168 valence electrons. The summed E-state index contributed by atoms with van der Waals surface area (Å²) in [6, 6.07) is 14.3. The summed E-state index contributed by atoms with van der Waals surface area (Å²) < 4.78 is 44.2. The van der Waals surface area contributed by atoms with Gasteiger partial charge in [-0.25, -0.2) is 8.42 Å². The molecule has 3 rings (SSSR count). The lowest BCUT2D eigenvalue weighted by atomic mass is 10.1. The van der Waals surface area contributed by atoms with Crippen molar-refractivity contribution in [2.45, 2.75) is 54.8 Å². The smallest absolute Gasteiger partial charge is 0.265 e. The first-order chi connectivity index (χ1) is 14.4. The Kier molecular flexibility index (Phi) is 6.23. The molecule has 0 saturated carbocycles. The molecule has 8 heteroatoms. The van der Waals surface area contributed by atoms with Gasteiger partial charge in [-0.1, -0.05) is 39.0 Å². The summed E-state index contributed by atoms with van der Waals surface area (Å²) in [5, 5.41) is -0.0527. The van der Waals surface area contributed by atoms with Gasteiger partial charge in [0.25, 0.3) is 4.93 Å². The van der Waals surface area contributed by atoms with Crippen LogP contribution < -0.4 is 4.74 Å². The molecule has 1 aliphatic rings. The minimum Gasteiger partial charge on any atom is -0.497 e. The predicted octanol–water partition coefficient (Wildman–Crippen LogP) is 4.47. The Morgan fingerprint density at radius 1 is 1.06 bits per heavy atom. The van der Waals surface area contributed by atoms with E-state index in [9.17, 15) is 13.2 Å². The Labute approximate surface area is 185 Å². The largest absolute Gasteiger partial charge is 0.497 e. The molecule has 2 aromatic carbocycles. The Morgan fingerprint density at radius 2 is 1.65 bits per heavy atom. The van der Waals surface area contributed by atoms with Crippen molar-refractivity contribution >= 4 is 23.9 Å². The van der Waals surface area contributed by atoms with Crippen LogP contribution in [0.3, 0.4) is 0 Å². The van der Waals surface area contributed by atoms with Crippen molar-refractivity contribution in [1.82, 2.24) is 0 Å². The van der Waals surface area contributed by atoms with Gasteiger partial charge in [0.15, 0.2) is 8.32 Å². The highest BCUT2D eigenvalue weighted by Crippen LogP contribution is 2.49. The van der Waals surface area contributed by atoms with Crippen molar-refractivity contribution in [3.63, 3.8) is 0 Å². The maximum atomic E-state index is 13.6. The second-order valence-corrected chi connectivity index (χ2v) is 16.1. The molecule has 2 aromatic rings. The van der Waals surface area contributed by atoms with Crippen LogP contribution >= 0.6 is 0 Å². The van der Waals surface area contributed by atoms with Gasteiger partial charge in [0.2, 0.25) is 15.6 Å². The lowest BCUT2D eigenvalue weighted by Gasteiger charge is -2.36. The van der Waals surface area contributed by atoms with Gasteiger partial charge in [0.05, 0.1) is 18.6 Å². The molecule has 0 aromatic heterocycles. The summed E-state index contributed by atoms with van der Waals surface area (Å²) in [7, 11) is -4.74. The van der Waals surface area contributed by atoms with Crippen molar-refractivity contribution in [2.24, 2.45) is 0 Å². The normalized spacial score (nSPS) is 21.5. The molecule has 0 amide bonds. The number of carbonyl (C=O) groups is 1. The molecule has 2 atom stereocenters. The van der Waals surface area contributed by atoms with Crippen LogP contribution in [0, 0.1) is 0 Å². The number of benzene rings is 2. The molecule has 1 aliphatic heterocycles. The fraction of sp³-hybridized carbons (Fsp3) is 0.435. The van der Waals surface area contributed by atoms with E-state index < -0.39 is 35.0 Å². The lowest BCUT2D eigenvalue weighted by Crippen LogP contribution is -2.43. The molecule has 0 unspecified atom stereocenters. The molecule has 0 spiro atoms. The summed E-state index contributed by atoms with van der Waals surface area (Å²) >= 11 is 0. The number of epoxide rings is 1. The van der Waals surface area contributed by atoms with E-state index in [-0.39, 0.29) is 22.1 Å². The highest BCUT2D eigenvalue weighted by atomic mass is 32.2. The van der Waals surface area contributed by atoms with Crippen LogP contribution in [0.15, 0.2) is 59.5 Å². The monoisotopic (exact) mass is 462 g/mol. The Hall–Kier alpha value is -2.00. The van der Waals surface area contributed by atoms with Crippen molar-refractivity contribution in [3.05, 3.63) is 60.2 Å². The number of hydrogen-bond donors (Lipinski definition) is 0. The average molecular weight is 463 g/mol. The zero-order chi connectivity index (χ0) is 23.1. The third kappa shape index (κ3) is 4.22.